The fourth-order valence-electron chi connectivity index (χ4n) is 3.95. The van der Waals surface area contributed by atoms with Gasteiger partial charge in [0.05, 0.1) is 32.4 Å². The Balaban J connectivity index is 1.50. The largest absolute Gasteiger partial charge is 0.493 e. The molecule has 3 aromatic heterocycles. The minimum atomic E-state index is 0.108. The zero-order valence-corrected chi connectivity index (χ0v) is 18.3. The summed E-state index contributed by atoms with van der Waals surface area (Å²) in [6, 6.07) is 10.6. The van der Waals surface area contributed by atoms with E-state index in [9.17, 15) is 0 Å². The maximum Gasteiger partial charge on any atom is 0.258 e. The summed E-state index contributed by atoms with van der Waals surface area (Å²) in [7, 11) is 3.35. The summed E-state index contributed by atoms with van der Waals surface area (Å²) in [5.74, 6) is 2.79. The van der Waals surface area contributed by atoms with E-state index in [0.717, 1.165) is 30.0 Å². The van der Waals surface area contributed by atoms with Gasteiger partial charge in [0.1, 0.15) is 0 Å². The smallest absolute Gasteiger partial charge is 0.258 e. The molecule has 8 heteroatoms. The first kappa shape index (κ1) is 19.3. The molecule has 1 atom stereocenters. The van der Waals surface area contributed by atoms with Gasteiger partial charge in [0.15, 0.2) is 17.3 Å². The summed E-state index contributed by atoms with van der Waals surface area (Å²) in [6.07, 6.45) is 0.923. The Morgan fingerprint density at radius 2 is 2.03 bits per heavy atom. The summed E-state index contributed by atoms with van der Waals surface area (Å²) in [5.41, 5.74) is 3.49. The van der Waals surface area contributed by atoms with E-state index >= 15 is 0 Å². The van der Waals surface area contributed by atoms with Crippen LogP contribution in [0.2, 0.25) is 0 Å². The van der Waals surface area contributed by atoms with Gasteiger partial charge >= 0.3 is 0 Å². The van der Waals surface area contributed by atoms with Gasteiger partial charge in [0.2, 0.25) is 0 Å². The number of hydrogen-bond acceptors (Lipinski definition) is 8. The Bertz CT molecular complexity index is 1120. The molecule has 0 spiro atoms. The van der Waals surface area contributed by atoms with Crippen molar-refractivity contribution in [3.05, 3.63) is 68.3 Å². The van der Waals surface area contributed by atoms with E-state index in [1.165, 1.54) is 16.0 Å². The number of fused-ring (bicyclic) bond motifs is 1. The first-order chi connectivity index (χ1) is 14.8. The van der Waals surface area contributed by atoms with Gasteiger partial charge in [-0.15, -0.1) is 11.3 Å². The standard InChI is InChI=1S/C22H21N3O3S2/c1-26-17-10-14-5-7-25(12-20-23-22(28-24-20)15-6-9-29-13-15)21(19-4-3-8-30-19)16(14)11-18(17)27-2/h3-4,6,8-11,13,21H,5,7,12H2,1-2H3. The van der Waals surface area contributed by atoms with E-state index in [1.54, 1.807) is 36.9 Å². The topological polar surface area (TPSA) is 60.6 Å². The van der Waals surface area contributed by atoms with E-state index in [-0.39, 0.29) is 6.04 Å². The van der Waals surface area contributed by atoms with Crippen molar-refractivity contribution in [2.75, 3.05) is 20.8 Å². The van der Waals surface area contributed by atoms with E-state index in [2.05, 4.69) is 44.7 Å². The molecule has 0 fully saturated rings. The van der Waals surface area contributed by atoms with Gasteiger partial charge in [-0.2, -0.15) is 16.3 Å². The molecule has 1 aromatic carbocycles. The molecule has 0 radical (unpaired) electrons. The Morgan fingerprint density at radius 3 is 2.77 bits per heavy atom. The summed E-state index contributed by atoms with van der Waals surface area (Å²) < 4.78 is 16.6. The van der Waals surface area contributed by atoms with Crippen LogP contribution in [0.3, 0.4) is 0 Å². The average Bonchev–Trinajstić information content (AvgIpc) is 3.55. The molecule has 1 unspecified atom stereocenters. The average molecular weight is 440 g/mol. The lowest BCUT2D eigenvalue weighted by molar-refractivity contribution is 0.198. The molecule has 0 saturated heterocycles. The normalized spacial score (nSPS) is 16.4. The first-order valence-electron chi connectivity index (χ1n) is 9.64. The number of thiophene rings is 2. The highest BCUT2D eigenvalue weighted by molar-refractivity contribution is 7.10. The molecule has 4 heterocycles. The van der Waals surface area contributed by atoms with Crippen LogP contribution in [0.4, 0.5) is 0 Å². The molecule has 0 N–H and O–H groups in total. The first-order valence-corrected chi connectivity index (χ1v) is 11.5. The predicted molar refractivity (Wildman–Crippen MR) is 117 cm³/mol. The maximum absolute atomic E-state index is 5.59. The van der Waals surface area contributed by atoms with Gasteiger partial charge in [0, 0.05) is 16.8 Å². The van der Waals surface area contributed by atoms with Crippen LogP contribution in [0.15, 0.2) is 51.0 Å². The molecule has 5 rings (SSSR count). The van der Waals surface area contributed by atoms with Crippen molar-refractivity contribution < 1.29 is 14.0 Å². The van der Waals surface area contributed by atoms with Crippen LogP contribution in [-0.4, -0.2) is 35.8 Å². The van der Waals surface area contributed by atoms with Crippen molar-refractivity contribution in [1.82, 2.24) is 15.0 Å². The molecule has 0 aliphatic carbocycles. The van der Waals surface area contributed by atoms with Crippen LogP contribution >= 0.6 is 22.7 Å². The third-order valence-corrected chi connectivity index (χ3v) is 6.97. The third kappa shape index (κ3) is 3.51. The van der Waals surface area contributed by atoms with Crippen molar-refractivity contribution in [2.24, 2.45) is 0 Å². The Labute approximate surface area is 182 Å². The third-order valence-electron chi connectivity index (χ3n) is 5.37. The van der Waals surface area contributed by atoms with Gasteiger partial charge in [0.25, 0.3) is 5.89 Å². The van der Waals surface area contributed by atoms with Crippen molar-refractivity contribution in [1.29, 1.82) is 0 Å². The summed E-state index contributed by atoms with van der Waals surface area (Å²) >= 11 is 3.38. The minimum absolute atomic E-state index is 0.108. The number of ether oxygens (including phenoxy) is 2. The molecule has 4 aromatic rings. The molecule has 6 nitrogen and oxygen atoms in total. The number of hydrogen-bond donors (Lipinski definition) is 0. The number of rotatable bonds is 6. The van der Waals surface area contributed by atoms with Crippen molar-refractivity contribution in [2.45, 2.75) is 19.0 Å². The van der Waals surface area contributed by atoms with Crippen molar-refractivity contribution >= 4 is 22.7 Å². The van der Waals surface area contributed by atoms with E-state index in [4.69, 9.17) is 14.0 Å². The quantitative estimate of drug-likeness (QED) is 0.420. The lowest BCUT2D eigenvalue weighted by atomic mass is 9.91. The zero-order valence-electron chi connectivity index (χ0n) is 16.7. The number of benzene rings is 1. The van der Waals surface area contributed by atoms with Gasteiger partial charge in [-0.3, -0.25) is 4.90 Å². The Morgan fingerprint density at radius 1 is 1.17 bits per heavy atom. The van der Waals surface area contributed by atoms with E-state index < -0.39 is 0 Å². The van der Waals surface area contributed by atoms with Gasteiger partial charge in [-0.25, -0.2) is 0 Å². The maximum atomic E-state index is 5.59. The molecule has 1 aliphatic heterocycles. The van der Waals surface area contributed by atoms with Crippen LogP contribution < -0.4 is 9.47 Å². The molecule has 30 heavy (non-hydrogen) atoms. The predicted octanol–water partition coefficient (Wildman–Crippen LogP) is 5.02. The second-order valence-electron chi connectivity index (χ2n) is 7.07. The Hall–Kier alpha value is -2.68. The highest BCUT2D eigenvalue weighted by Crippen LogP contribution is 2.42. The molecule has 0 amide bonds. The van der Waals surface area contributed by atoms with Crippen LogP contribution in [-0.2, 0) is 13.0 Å². The highest BCUT2D eigenvalue weighted by Gasteiger charge is 2.32. The summed E-state index contributed by atoms with van der Waals surface area (Å²) in [5, 5.41) is 10.4. The lowest BCUT2D eigenvalue weighted by Gasteiger charge is -2.36. The molecule has 0 saturated carbocycles. The Kier molecular flexibility index (Phi) is 5.28. The van der Waals surface area contributed by atoms with E-state index in [0.29, 0.717) is 18.3 Å². The van der Waals surface area contributed by atoms with Gasteiger partial charge < -0.3 is 14.0 Å². The molecular formula is C22H21N3O3S2. The van der Waals surface area contributed by atoms with Crippen LogP contribution in [0.25, 0.3) is 11.5 Å². The monoisotopic (exact) mass is 439 g/mol. The fourth-order valence-corrected chi connectivity index (χ4v) is 5.46. The summed E-state index contributed by atoms with van der Waals surface area (Å²) in [6.45, 7) is 1.51. The van der Waals surface area contributed by atoms with Crippen molar-refractivity contribution in [3.8, 4) is 23.0 Å². The fraction of sp³-hybridized carbons (Fsp3) is 0.273. The SMILES string of the molecule is COc1cc2c(cc1OC)C(c1cccs1)N(Cc1noc(-c3ccsc3)n1)CC2. The zero-order chi connectivity index (χ0) is 20.5. The number of aromatic nitrogens is 2. The molecule has 154 valence electrons. The van der Waals surface area contributed by atoms with E-state index in [1.807, 2.05) is 16.8 Å². The van der Waals surface area contributed by atoms with Gasteiger partial charge in [-0.05, 0) is 52.6 Å². The molecule has 1 aliphatic rings. The second-order valence-corrected chi connectivity index (χ2v) is 8.83. The highest BCUT2D eigenvalue weighted by atomic mass is 32.1. The van der Waals surface area contributed by atoms with Crippen molar-refractivity contribution in [3.63, 3.8) is 0 Å². The van der Waals surface area contributed by atoms with Crippen LogP contribution in [0, 0.1) is 0 Å². The van der Waals surface area contributed by atoms with Crippen LogP contribution in [0.1, 0.15) is 27.9 Å². The second kappa shape index (κ2) is 8.22. The lowest BCUT2D eigenvalue weighted by Crippen LogP contribution is -2.35. The minimum Gasteiger partial charge on any atom is -0.493 e. The summed E-state index contributed by atoms with van der Waals surface area (Å²) in [4.78, 5) is 8.31. The number of methoxy groups -OCH3 is 2. The molecular weight excluding hydrogens is 418 g/mol. The number of nitrogens with zero attached hydrogens (tertiary/aromatic N) is 3. The van der Waals surface area contributed by atoms with Crippen LogP contribution in [0.5, 0.6) is 11.5 Å². The van der Waals surface area contributed by atoms with Gasteiger partial charge in [-0.1, -0.05) is 11.2 Å². The molecule has 0 bridgehead atoms.